The predicted molar refractivity (Wildman–Crippen MR) is 68.3 cm³/mol. The SMILES string of the molecule is COCCNCCC(C)(O)c1ccc(Cl)s1. The Bertz CT molecular complexity index is 315. The van der Waals surface area contributed by atoms with Crippen LogP contribution in [0.15, 0.2) is 12.1 Å². The van der Waals surface area contributed by atoms with Gasteiger partial charge in [0.1, 0.15) is 0 Å². The highest BCUT2D eigenvalue weighted by Gasteiger charge is 2.24. The topological polar surface area (TPSA) is 41.5 Å². The maximum Gasteiger partial charge on any atom is 0.0972 e. The van der Waals surface area contributed by atoms with E-state index < -0.39 is 5.60 Å². The van der Waals surface area contributed by atoms with Gasteiger partial charge >= 0.3 is 0 Å². The molecule has 0 radical (unpaired) electrons. The highest BCUT2D eigenvalue weighted by molar-refractivity contribution is 7.16. The normalized spacial score (nSPS) is 15.0. The molecule has 0 bridgehead atoms. The molecule has 2 N–H and O–H groups in total. The molecule has 0 amide bonds. The van der Waals surface area contributed by atoms with Crippen molar-refractivity contribution in [2.45, 2.75) is 18.9 Å². The van der Waals surface area contributed by atoms with Gasteiger partial charge in [0.05, 0.1) is 16.5 Å². The van der Waals surface area contributed by atoms with Gasteiger partial charge < -0.3 is 15.2 Å². The number of hydrogen-bond donors (Lipinski definition) is 2. The molecule has 0 aliphatic rings. The van der Waals surface area contributed by atoms with Crippen LogP contribution in [0.3, 0.4) is 0 Å². The zero-order chi connectivity index (χ0) is 12.0. The quantitative estimate of drug-likeness (QED) is 0.742. The van der Waals surface area contributed by atoms with Crippen molar-refractivity contribution >= 4 is 22.9 Å². The Balaban J connectivity index is 2.34. The first-order valence-electron chi connectivity index (χ1n) is 5.24. The van der Waals surface area contributed by atoms with E-state index >= 15 is 0 Å². The number of halogens is 1. The van der Waals surface area contributed by atoms with Crippen molar-refractivity contribution in [3.63, 3.8) is 0 Å². The van der Waals surface area contributed by atoms with E-state index in [4.69, 9.17) is 16.3 Å². The summed E-state index contributed by atoms with van der Waals surface area (Å²) < 4.78 is 5.63. The van der Waals surface area contributed by atoms with Gasteiger partial charge in [0, 0.05) is 18.5 Å². The van der Waals surface area contributed by atoms with Crippen molar-refractivity contribution < 1.29 is 9.84 Å². The maximum absolute atomic E-state index is 10.2. The second kappa shape index (κ2) is 6.57. The zero-order valence-electron chi connectivity index (χ0n) is 9.62. The number of hydrogen-bond acceptors (Lipinski definition) is 4. The summed E-state index contributed by atoms with van der Waals surface area (Å²) in [6.07, 6.45) is 0.660. The fourth-order valence-electron chi connectivity index (χ4n) is 1.36. The van der Waals surface area contributed by atoms with E-state index in [0.717, 1.165) is 18.0 Å². The molecule has 0 saturated heterocycles. The standard InChI is InChI=1S/C11H18ClNO2S/c1-11(14,5-6-13-7-8-15-2)9-3-4-10(12)16-9/h3-4,13-14H,5-8H2,1-2H3. The molecule has 0 saturated carbocycles. The molecular formula is C11H18ClNO2S. The van der Waals surface area contributed by atoms with Crippen LogP contribution in [0.4, 0.5) is 0 Å². The van der Waals surface area contributed by atoms with Gasteiger partial charge in [0.15, 0.2) is 0 Å². The number of thiophene rings is 1. The van der Waals surface area contributed by atoms with Gasteiger partial charge in [-0.15, -0.1) is 11.3 Å². The highest BCUT2D eigenvalue weighted by atomic mass is 35.5. The van der Waals surface area contributed by atoms with Crippen molar-refractivity contribution in [3.05, 3.63) is 21.3 Å². The second-order valence-corrected chi connectivity index (χ2v) is 5.59. The molecule has 1 atom stereocenters. The van der Waals surface area contributed by atoms with Crippen LogP contribution >= 0.6 is 22.9 Å². The van der Waals surface area contributed by atoms with Gasteiger partial charge in [-0.1, -0.05) is 11.6 Å². The Morgan fingerprint density at radius 3 is 2.81 bits per heavy atom. The summed E-state index contributed by atoms with van der Waals surface area (Å²) >= 11 is 7.27. The second-order valence-electron chi connectivity index (χ2n) is 3.87. The number of ether oxygens (including phenoxy) is 1. The Hall–Kier alpha value is -0.130. The smallest absolute Gasteiger partial charge is 0.0972 e. The molecule has 5 heteroatoms. The number of rotatable bonds is 7. The molecule has 0 aliphatic heterocycles. The van der Waals surface area contributed by atoms with E-state index in [1.807, 2.05) is 19.1 Å². The van der Waals surface area contributed by atoms with E-state index in [9.17, 15) is 5.11 Å². The molecule has 92 valence electrons. The first kappa shape index (κ1) is 13.9. The predicted octanol–water partition coefficient (Wildman–Crippen LogP) is 2.24. The molecular weight excluding hydrogens is 246 g/mol. The minimum atomic E-state index is -0.808. The van der Waals surface area contributed by atoms with Gasteiger partial charge in [-0.05, 0) is 32.0 Å². The van der Waals surface area contributed by atoms with Crippen LogP contribution in [0.25, 0.3) is 0 Å². The summed E-state index contributed by atoms with van der Waals surface area (Å²) in [4.78, 5) is 0.908. The fourth-order valence-corrected chi connectivity index (χ4v) is 2.47. The number of aliphatic hydroxyl groups is 1. The molecule has 1 rings (SSSR count). The first-order valence-corrected chi connectivity index (χ1v) is 6.43. The van der Waals surface area contributed by atoms with E-state index in [1.165, 1.54) is 11.3 Å². The number of methoxy groups -OCH3 is 1. The molecule has 1 heterocycles. The Morgan fingerprint density at radius 1 is 1.50 bits per heavy atom. The van der Waals surface area contributed by atoms with Crippen molar-refractivity contribution in [1.29, 1.82) is 0 Å². The van der Waals surface area contributed by atoms with Crippen LogP contribution in [0.5, 0.6) is 0 Å². The lowest BCUT2D eigenvalue weighted by Crippen LogP contribution is -2.28. The largest absolute Gasteiger partial charge is 0.385 e. The van der Waals surface area contributed by atoms with Crippen molar-refractivity contribution in [2.75, 3.05) is 26.8 Å². The molecule has 0 spiro atoms. The minimum Gasteiger partial charge on any atom is -0.385 e. The maximum atomic E-state index is 10.2. The minimum absolute atomic E-state index is 0.660. The zero-order valence-corrected chi connectivity index (χ0v) is 11.2. The van der Waals surface area contributed by atoms with E-state index in [1.54, 1.807) is 7.11 Å². The summed E-state index contributed by atoms with van der Waals surface area (Å²) in [7, 11) is 1.67. The summed E-state index contributed by atoms with van der Waals surface area (Å²) in [6.45, 7) is 4.06. The first-order chi connectivity index (χ1) is 7.56. The summed E-state index contributed by atoms with van der Waals surface area (Å²) in [5.74, 6) is 0. The lowest BCUT2D eigenvalue weighted by atomic mass is 10.0. The van der Waals surface area contributed by atoms with Crippen molar-refractivity contribution in [1.82, 2.24) is 5.32 Å². The van der Waals surface area contributed by atoms with E-state index in [-0.39, 0.29) is 0 Å². The van der Waals surface area contributed by atoms with E-state index in [2.05, 4.69) is 5.32 Å². The van der Waals surface area contributed by atoms with E-state index in [0.29, 0.717) is 17.4 Å². The third-order valence-corrected chi connectivity index (χ3v) is 3.86. The van der Waals surface area contributed by atoms with Gasteiger partial charge in [-0.25, -0.2) is 0 Å². The van der Waals surface area contributed by atoms with Gasteiger partial charge in [-0.3, -0.25) is 0 Å². The average molecular weight is 264 g/mol. The van der Waals surface area contributed by atoms with Gasteiger partial charge in [0.2, 0.25) is 0 Å². The third-order valence-electron chi connectivity index (χ3n) is 2.38. The molecule has 0 fully saturated rings. The fraction of sp³-hybridized carbons (Fsp3) is 0.636. The molecule has 1 unspecified atom stereocenters. The van der Waals surface area contributed by atoms with Crippen LogP contribution < -0.4 is 5.32 Å². The molecule has 3 nitrogen and oxygen atoms in total. The molecule has 1 aromatic rings. The van der Waals surface area contributed by atoms with Crippen LogP contribution in [0.2, 0.25) is 4.34 Å². The summed E-state index contributed by atoms with van der Waals surface area (Å²) in [5, 5.41) is 13.4. The van der Waals surface area contributed by atoms with Gasteiger partial charge in [-0.2, -0.15) is 0 Å². The Kier molecular flexibility index (Phi) is 5.72. The molecule has 1 aromatic heterocycles. The highest BCUT2D eigenvalue weighted by Crippen LogP contribution is 2.32. The molecule has 0 aliphatic carbocycles. The van der Waals surface area contributed by atoms with Crippen molar-refractivity contribution in [3.8, 4) is 0 Å². The lowest BCUT2D eigenvalue weighted by Gasteiger charge is -2.21. The summed E-state index contributed by atoms with van der Waals surface area (Å²) in [5.41, 5.74) is -0.808. The van der Waals surface area contributed by atoms with Gasteiger partial charge in [0.25, 0.3) is 0 Å². The van der Waals surface area contributed by atoms with Crippen LogP contribution in [-0.4, -0.2) is 31.9 Å². The van der Waals surface area contributed by atoms with Crippen LogP contribution in [-0.2, 0) is 10.3 Å². The number of nitrogens with one attached hydrogen (secondary N) is 1. The Labute approximate surface area is 105 Å². The molecule has 16 heavy (non-hydrogen) atoms. The molecule has 0 aromatic carbocycles. The average Bonchev–Trinajstić information content (AvgIpc) is 2.65. The van der Waals surface area contributed by atoms with Crippen molar-refractivity contribution in [2.24, 2.45) is 0 Å². The van der Waals surface area contributed by atoms with Crippen LogP contribution in [0, 0.1) is 0 Å². The monoisotopic (exact) mass is 263 g/mol. The summed E-state index contributed by atoms with van der Waals surface area (Å²) in [6, 6.07) is 3.69. The lowest BCUT2D eigenvalue weighted by molar-refractivity contribution is 0.0513. The van der Waals surface area contributed by atoms with Crippen LogP contribution in [0.1, 0.15) is 18.2 Å². The third kappa shape index (κ3) is 4.39. The Morgan fingerprint density at radius 2 is 2.25 bits per heavy atom.